The second-order valence-corrected chi connectivity index (χ2v) is 16.4. The molecule has 0 unspecified atom stereocenters. The Kier molecular flexibility index (Phi) is 8.20. The summed E-state index contributed by atoms with van der Waals surface area (Å²) in [5.74, 6) is 0. The fourth-order valence-corrected chi connectivity index (χ4v) is 16.5. The minimum absolute atomic E-state index is 0. The number of thiophene rings is 1. The predicted molar refractivity (Wildman–Crippen MR) is 129 cm³/mol. The van der Waals surface area contributed by atoms with Gasteiger partial charge in [0.2, 0.25) is 0 Å². The molecule has 0 amide bonds. The van der Waals surface area contributed by atoms with Crippen LogP contribution in [0, 0.1) is 0 Å². The van der Waals surface area contributed by atoms with Crippen molar-refractivity contribution in [2.75, 3.05) is 0 Å². The van der Waals surface area contributed by atoms with E-state index >= 15 is 0 Å². The van der Waals surface area contributed by atoms with Crippen LogP contribution < -0.4 is 3.58 Å². The van der Waals surface area contributed by atoms with Crippen molar-refractivity contribution in [3.05, 3.63) is 88.6 Å². The Morgan fingerprint density at radius 2 is 1.15 bits per heavy atom. The zero-order valence-electron chi connectivity index (χ0n) is 16.7. The first-order valence-electron chi connectivity index (χ1n) is 9.37. The van der Waals surface area contributed by atoms with Crippen molar-refractivity contribution >= 4 is 51.7 Å². The molecule has 0 N–H and O–H groups in total. The van der Waals surface area contributed by atoms with Crippen molar-refractivity contribution in [1.82, 2.24) is 0 Å². The minimum atomic E-state index is -1.82. The van der Waals surface area contributed by atoms with Crippen LogP contribution in [0.15, 0.2) is 77.5 Å². The van der Waals surface area contributed by atoms with E-state index in [2.05, 4.69) is 105 Å². The van der Waals surface area contributed by atoms with Gasteiger partial charge in [0.15, 0.2) is 0 Å². The fourth-order valence-electron chi connectivity index (χ4n) is 3.78. The molecule has 0 atom stereocenters. The van der Waals surface area contributed by atoms with Gasteiger partial charge in [0, 0.05) is 0 Å². The van der Waals surface area contributed by atoms with Gasteiger partial charge in [0.05, 0.1) is 0 Å². The summed E-state index contributed by atoms with van der Waals surface area (Å²) < 4.78 is 4.39. The van der Waals surface area contributed by atoms with E-state index in [0.717, 1.165) is 0 Å². The number of halogens is 1. The van der Waals surface area contributed by atoms with Gasteiger partial charge in [-0.1, -0.05) is 0 Å². The van der Waals surface area contributed by atoms with Gasteiger partial charge in [-0.2, -0.15) is 0 Å². The Bertz CT molecular complexity index is 741. The quantitative estimate of drug-likeness (QED) is 0.279. The summed E-state index contributed by atoms with van der Waals surface area (Å²) in [6.45, 7) is 9.74. The summed E-state index contributed by atoms with van der Waals surface area (Å²) in [5, 5.41) is 4.69. The zero-order valence-corrected chi connectivity index (χ0v) is 22.1. The van der Waals surface area contributed by atoms with Crippen molar-refractivity contribution in [3.8, 4) is 0 Å². The summed E-state index contributed by atoms with van der Waals surface area (Å²) in [4.78, 5) is 0. The van der Waals surface area contributed by atoms with E-state index in [9.17, 15) is 0 Å². The van der Waals surface area contributed by atoms with Crippen molar-refractivity contribution in [1.29, 1.82) is 0 Å². The van der Waals surface area contributed by atoms with Gasteiger partial charge in [0.1, 0.15) is 0 Å². The van der Waals surface area contributed by atoms with Crippen LogP contribution in [-0.2, 0) is 10.8 Å². The molecule has 3 heteroatoms. The van der Waals surface area contributed by atoms with Crippen LogP contribution in [0.3, 0.4) is 0 Å². The summed E-state index contributed by atoms with van der Waals surface area (Å²) in [5.41, 5.74) is 3.44. The molecule has 0 aliphatic rings. The number of hydrogen-bond donors (Lipinski definition) is 0. The first-order valence-corrected chi connectivity index (χ1v) is 15.8. The molecule has 0 spiro atoms. The van der Waals surface area contributed by atoms with E-state index < -0.39 is 19.8 Å². The molecule has 3 aromatic rings. The van der Waals surface area contributed by atoms with Gasteiger partial charge < -0.3 is 0 Å². The Morgan fingerprint density at radius 1 is 0.704 bits per heavy atom. The summed E-state index contributed by atoms with van der Waals surface area (Å²) in [6, 6.07) is 24.6. The van der Waals surface area contributed by atoms with Crippen molar-refractivity contribution in [2.45, 2.75) is 47.4 Å². The molecule has 0 aliphatic carbocycles. The number of hydrogen-bond acceptors (Lipinski definition) is 1. The second kappa shape index (κ2) is 9.75. The van der Waals surface area contributed by atoms with Gasteiger partial charge in [-0.15, -0.1) is 17.0 Å². The molecule has 2 aromatic carbocycles. The monoisotopic (exact) mass is 549 g/mol. The van der Waals surface area contributed by atoms with Crippen LogP contribution in [0.5, 0.6) is 0 Å². The molecule has 27 heavy (non-hydrogen) atoms. The molecule has 1 radical (unpaired) electrons. The Morgan fingerprint density at radius 3 is 1.52 bits per heavy atom. The van der Waals surface area contributed by atoms with E-state index in [1.54, 1.807) is 3.58 Å². The molecule has 3 rings (SSSR count). The normalized spacial score (nSPS) is 12.0. The molecule has 143 valence electrons. The molecule has 0 aliphatic heterocycles. The third-order valence-corrected chi connectivity index (χ3v) is 17.3. The molecule has 1 heterocycles. The van der Waals surface area contributed by atoms with Crippen molar-refractivity contribution in [3.63, 3.8) is 0 Å². The second-order valence-electron chi connectivity index (χ2n) is 8.47. The van der Waals surface area contributed by atoms with Gasteiger partial charge in [-0.3, -0.25) is 0 Å². The zero-order chi connectivity index (χ0) is 18.6. The van der Waals surface area contributed by atoms with E-state index in [0.29, 0.717) is 0 Å². The molecular weight excluding hydrogens is 519 g/mol. The summed E-state index contributed by atoms with van der Waals surface area (Å²) in [7, 11) is 0. The Balaban J connectivity index is 0.00000261. The summed E-state index contributed by atoms with van der Waals surface area (Å²) in [6.07, 6.45) is 0. The van der Waals surface area contributed by atoms with Gasteiger partial charge in [-0.25, -0.2) is 0 Å². The van der Waals surface area contributed by atoms with Crippen LogP contribution in [0.4, 0.5) is 0 Å². The predicted octanol–water partition coefficient (Wildman–Crippen LogP) is 6.98. The van der Waals surface area contributed by atoms with E-state index in [-0.39, 0.29) is 27.8 Å². The molecule has 0 nitrogen and oxygen atoms in total. The van der Waals surface area contributed by atoms with Gasteiger partial charge in [-0.05, 0) is 0 Å². The first-order chi connectivity index (χ1) is 12.4. The molecule has 0 saturated carbocycles. The third-order valence-electron chi connectivity index (χ3n) is 5.35. The fraction of sp³-hybridized carbons (Fsp3) is 0.333. The van der Waals surface area contributed by atoms with Crippen LogP contribution in [-0.4, -0.2) is 19.8 Å². The van der Waals surface area contributed by atoms with E-state index in [4.69, 9.17) is 0 Å². The van der Waals surface area contributed by atoms with Crippen LogP contribution >= 0.6 is 28.3 Å². The SMILES string of the molecule is Br.CC(C)([CH2][Sn]([CH2]C(C)(C)c1ccccc1)[c]1ccsc1)c1ccccc1. The van der Waals surface area contributed by atoms with Gasteiger partial charge in [0.25, 0.3) is 0 Å². The average Bonchev–Trinajstić information content (AvgIpc) is 3.17. The van der Waals surface area contributed by atoms with E-state index in [1.807, 2.05) is 11.3 Å². The maximum absolute atomic E-state index is 2.44. The van der Waals surface area contributed by atoms with Crippen LogP contribution in [0.25, 0.3) is 0 Å². The number of benzene rings is 2. The number of rotatable bonds is 7. The third kappa shape index (κ3) is 5.95. The van der Waals surface area contributed by atoms with Gasteiger partial charge >= 0.3 is 171 Å². The Hall–Kier alpha value is -0.581. The molecule has 0 saturated heterocycles. The van der Waals surface area contributed by atoms with Crippen LogP contribution in [0.1, 0.15) is 38.8 Å². The molecule has 1 aromatic heterocycles. The Labute approximate surface area is 186 Å². The van der Waals surface area contributed by atoms with E-state index in [1.165, 1.54) is 20.0 Å². The summed E-state index contributed by atoms with van der Waals surface area (Å²) >= 11 is 0.0435. The van der Waals surface area contributed by atoms with Crippen molar-refractivity contribution < 1.29 is 0 Å². The topological polar surface area (TPSA) is 0 Å². The molecular formula is C24H30BrSSn. The maximum atomic E-state index is 2.44. The van der Waals surface area contributed by atoms with Crippen molar-refractivity contribution in [2.24, 2.45) is 0 Å². The first kappa shape index (κ1) is 22.7. The average molecular weight is 549 g/mol. The molecule has 0 fully saturated rings. The van der Waals surface area contributed by atoms with Crippen LogP contribution in [0.2, 0.25) is 8.87 Å². The standard InChI is InChI=1S/2C10H13.C4H3S.BrH.Sn/c2*1-10(2,3)9-7-5-4-6-8-9;1-2-4-5-3-1;;/h2*4-8H,1H2,2-3H3;1,3-4H;1H;. The molecule has 0 bridgehead atoms.